The van der Waals surface area contributed by atoms with E-state index in [2.05, 4.69) is 10.2 Å². The van der Waals surface area contributed by atoms with E-state index in [9.17, 15) is 9.59 Å². The molecular formula is C32H35N5O3S. The number of hydrogen-bond donors (Lipinski definition) is 4. The number of ether oxygens (including phenoxy) is 1. The summed E-state index contributed by atoms with van der Waals surface area (Å²) in [6.07, 6.45) is 2.98. The highest BCUT2D eigenvalue weighted by Crippen LogP contribution is 2.50. The molecule has 2 unspecified atom stereocenters. The minimum absolute atomic E-state index is 0.0233. The number of likely N-dealkylation sites (N-methyl/N-ethyl adjacent to an activating group) is 1. The summed E-state index contributed by atoms with van der Waals surface area (Å²) in [6.45, 7) is 1.90. The average Bonchev–Trinajstić information content (AvgIpc) is 3.58. The number of nitrogens with one attached hydrogen (secondary N) is 1. The summed E-state index contributed by atoms with van der Waals surface area (Å²) in [5.41, 5.74) is 21.7. The lowest BCUT2D eigenvalue weighted by Gasteiger charge is -2.37. The van der Waals surface area contributed by atoms with Crippen LogP contribution >= 0.6 is 11.3 Å². The van der Waals surface area contributed by atoms with Crippen molar-refractivity contribution in [2.24, 2.45) is 11.5 Å². The van der Waals surface area contributed by atoms with Gasteiger partial charge in [0.15, 0.2) is 5.78 Å². The Labute approximate surface area is 243 Å². The first-order chi connectivity index (χ1) is 19.6. The van der Waals surface area contributed by atoms with Gasteiger partial charge in [-0.1, -0.05) is 30.3 Å². The number of hydrogen-bond acceptors (Lipinski definition) is 8. The minimum Gasteiger partial charge on any atom is -0.457 e. The third kappa shape index (κ3) is 4.40. The van der Waals surface area contributed by atoms with E-state index in [1.54, 1.807) is 12.1 Å². The highest BCUT2D eigenvalue weighted by Gasteiger charge is 2.49. The summed E-state index contributed by atoms with van der Waals surface area (Å²) < 4.78 is 6.73. The Hall–Kier alpha value is -3.76. The van der Waals surface area contributed by atoms with E-state index in [0.29, 0.717) is 44.1 Å². The molecule has 6 rings (SSSR count). The maximum Gasteiger partial charge on any atom is 0.262 e. The summed E-state index contributed by atoms with van der Waals surface area (Å²) >= 11 is 1.28. The number of ketones is 1. The lowest BCUT2D eigenvalue weighted by Crippen LogP contribution is -2.53. The summed E-state index contributed by atoms with van der Waals surface area (Å²) in [4.78, 5) is 30.5. The molecule has 0 radical (unpaired) electrons. The first kappa shape index (κ1) is 27.4. The molecule has 1 saturated carbocycles. The van der Waals surface area contributed by atoms with E-state index in [1.165, 1.54) is 11.3 Å². The Balaban J connectivity index is 1.43. The normalized spacial score (nSPS) is 23.8. The number of anilines is 1. The smallest absolute Gasteiger partial charge is 0.262 e. The van der Waals surface area contributed by atoms with Crippen molar-refractivity contribution in [1.82, 2.24) is 10.2 Å². The van der Waals surface area contributed by atoms with Gasteiger partial charge in [-0.3, -0.25) is 9.59 Å². The maximum atomic E-state index is 14.2. The largest absolute Gasteiger partial charge is 0.457 e. The predicted molar refractivity (Wildman–Crippen MR) is 163 cm³/mol. The Bertz CT molecular complexity index is 1670. The minimum atomic E-state index is -1.52. The zero-order chi connectivity index (χ0) is 29.1. The standard InChI is InChI=1S/C32H35N5O3S/c1-17-16-19(40-18-8-5-4-6-9-18)12-13-20(17)32(35)21-14-15-22(33)28-25(21)26(27(34)30(32)38)29(41-28)31(39)36-23-10-7-11-24(23)37(2)3/h4-6,8-9,12-16,23-24,27H,7,10-11,33-35H2,1-3H3,(H,36,39)/t23-,24-,27?,32?/m0/s1. The quantitative estimate of drug-likeness (QED) is 0.250. The van der Waals surface area contributed by atoms with Crippen LogP contribution in [0.4, 0.5) is 5.69 Å². The molecule has 4 atom stereocenters. The van der Waals surface area contributed by atoms with Crippen LogP contribution in [0.25, 0.3) is 10.1 Å². The summed E-state index contributed by atoms with van der Waals surface area (Å²) in [5, 5.41) is 3.93. The van der Waals surface area contributed by atoms with E-state index in [4.69, 9.17) is 21.9 Å². The molecule has 8 nitrogen and oxygen atoms in total. The summed E-state index contributed by atoms with van der Waals surface area (Å²) in [7, 11) is 4.06. The molecule has 1 heterocycles. The molecule has 1 aromatic heterocycles. The number of nitrogen functional groups attached to an aromatic ring is 1. The van der Waals surface area contributed by atoms with Gasteiger partial charge in [0.25, 0.3) is 5.91 Å². The number of carbonyl (C=O) groups is 2. The van der Waals surface area contributed by atoms with Crippen LogP contribution in [0.3, 0.4) is 0 Å². The summed E-state index contributed by atoms with van der Waals surface area (Å²) in [6, 6.07) is 17.7. The van der Waals surface area contributed by atoms with Crippen LogP contribution in [0.1, 0.15) is 57.2 Å². The van der Waals surface area contributed by atoms with Crippen molar-refractivity contribution in [2.75, 3.05) is 19.8 Å². The molecule has 2 aliphatic rings. The zero-order valence-electron chi connectivity index (χ0n) is 23.4. The maximum absolute atomic E-state index is 14.2. The first-order valence-electron chi connectivity index (χ1n) is 13.9. The molecule has 0 saturated heterocycles. The second kappa shape index (κ2) is 10.3. The molecular weight excluding hydrogens is 534 g/mol. The molecule has 41 heavy (non-hydrogen) atoms. The Morgan fingerprint density at radius 3 is 2.49 bits per heavy atom. The Morgan fingerprint density at radius 1 is 1.05 bits per heavy atom. The van der Waals surface area contributed by atoms with E-state index < -0.39 is 11.6 Å². The van der Waals surface area contributed by atoms with Gasteiger partial charge in [-0.2, -0.15) is 0 Å². The van der Waals surface area contributed by atoms with Crippen LogP contribution in [0.15, 0.2) is 60.7 Å². The van der Waals surface area contributed by atoms with Gasteiger partial charge < -0.3 is 32.2 Å². The van der Waals surface area contributed by atoms with Crippen molar-refractivity contribution in [3.8, 4) is 11.5 Å². The third-order valence-corrected chi connectivity index (χ3v) is 9.83. The highest BCUT2D eigenvalue weighted by atomic mass is 32.1. The fraction of sp³-hybridized carbons (Fsp3) is 0.312. The highest BCUT2D eigenvalue weighted by molar-refractivity contribution is 7.21. The van der Waals surface area contributed by atoms with Gasteiger partial charge >= 0.3 is 0 Å². The number of benzene rings is 3. The van der Waals surface area contributed by atoms with Gasteiger partial charge in [0.05, 0.1) is 15.6 Å². The molecule has 9 heteroatoms. The van der Waals surface area contributed by atoms with Crippen molar-refractivity contribution in [3.05, 3.63) is 87.8 Å². The number of nitrogens with zero attached hydrogens (tertiary/aromatic N) is 1. The topological polar surface area (TPSA) is 137 Å². The fourth-order valence-electron chi connectivity index (χ4n) is 6.56. The second-order valence-electron chi connectivity index (χ2n) is 11.3. The van der Waals surface area contributed by atoms with Crippen molar-refractivity contribution in [3.63, 3.8) is 0 Å². The second-order valence-corrected chi connectivity index (χ2v) is 12.4. The molecule has 4 aromatic rings. The lowest BCUT2D eigenvalue weighted by molar-refractivity contribution is -0.124. The van der Waals surface area contributed by atoms with Gasteiger partial charge in [-0.05, 0) is 87.3 Å². The van der Waals surface area contributed by atoms with Crippen LogP contribution in [0.2, 0.25) is 0 Å². The number of para-hydroxylation sites is 1. The molecule has 3 aromatic carbocycles. The van der Waals surface area contributed by atoms with Gasteiger partial charge in [-0.15, -0.1) is 11.3 Å². The number of carbonyl (C=O) groups excluding carboxylic acids is 2. The molecule has 212 valence electrons. The van der Waals surface area contributed by atoms with Crippen molar-refractivity contribution >= 4 is 38.8 Å². The number of rotatable bonds is 6. The number of amides is 1. The first-order valence-corrected chi connectivity index (χ1v) is 14.7. The molecule has 2 aliphatic carbocycles. The van der Waals surface area contributed by atoms with Gasteiger partial charge in [0, 0.05) is 28.7 Å². The van der Waals surface area contributed by atoms with Crippen LogP contribution in [0, 0.1) is 6.92 Å². The van der Waals surface area contributed by atoms with E-state index >= 15 is 0 Å². The number of nitrogens with two attached hydrogens (primary N) is 3. The van der Waals surface area contributed by atoms with Crippen LogP contribution in [-0.2, 0) is 10.3 Å². The fourth-order valence-corrected chi connectivity index (χ4v) is 7.76. The van der Waals surface area contributed by atoms with Crippen molar-refractivity contribution in [1.29, 1.82) is 0 Å². The van der Waals surface area contributed by atoms with Gasteiger partial charge in [-0.25, -0.2) is 0 Å². The molecule has 0 spiro atoms. The van der Waals surface area contributed by atoms with Crippen LogP contribution < -0.4 is 27.3 Å². The third-order valence-electron chi connectivity index (χ3n) is 8.58. The zero-order valence-corrected chi connectivity index (χ0v) is 24.3. The number of Topliss-reactive ketones (excluding diaryl/α,β-unsaturated/α-hetero) is 1. The SMILES string of the molecule is Cc1cc(Oc2ccccc2)ccc1C1(N)C(=O)C(N)c2c(C(=O)N[C@H]3CCC[C@@H]3N(C)C)sc3c(N)ccc1c23. The molecule has 1 fully saturated rings. The Morgan fingerprint density at radius 2 is 1.78 bits per heavy atom. The van der Waals surface area contributed by atoms with E-state index in [1.807, 2.05) is 69.6 Å². The average molecular weight is 570 g/mol. The molecule has 1 amide bonds. The summed E-state index contributed by atoms with van der Waals surface area (Å²) in [5.74, 6) is 0.752. The van der Waals surface area contributed by atoms with Crippen LogP contribution in [0.5, 0.6) is 11.5 Å². The van der Waals surface area contributed by atoms with Crippen molar-refractivity contribution in [2.45, 2.75) is 49.9 Å². The van der Waals surface area contributed by atoms with E-state index in [0.717, 1.165) is 29.5 Å². The Kier molecular flexibility index (Phi) is 6.86. The monoisotopic (exact) mass is 569 g/mol. The van der Waals surface area contributed by atoms with Crippen LogP contribution in [-0.4, -0.2) is 42.8 Å². The predicted octanol–water partition coefficient (Wildman–Crippen LogP) is 4.58. The van der Waals surface area contributed by atoms with Crippen molar-refractivity contribution < 1.29 is 14.3 Å². The molecule has 0 aliphatic heterocycles. The molecule has 7 N–H and O–H groups in total. The molecule has 0 bridgehead atoms. The van der Waals surface area contributed by atoms with Gasteiger partial charge in [0.2, 0.25) is 0 Å². The number of aryl methyl sites for hydroxylation is 1. The van der Waals surface area contributed by atoms with Gasteiger partial charge in [0.1, 0.15) is 17.0 Å². The lowest BCUT2D eigenvalue weighted by atomic mass is 9.69. The van der Waals surface area contributed by atoms with E-state index in [-0.39, 0.29) is 23.8 Å². The number of thiophene rings is 1.